The van der Waals surface area contributed by atoms with Gasteiger partial charge in [0.1, 0.15) is 6.17 Å². The fourth-order valence-corrected chi connectivity index (χ4v) is 6.10. The number of nitrogens with zero attached hydrogens (tertiary/aromatic N) is 1. The van der Waals surface area contributed by atoms with Gasteiger partial charge in [0.15, 0.2) is 0 Å². The monoisotopic (exact) mass is 739 g/mol. The zero-order valence-corrected chi connectivity index (χ0v) is 32.2. The number of hydrogen-bond acceptors (Lipinski definition) is 3. The molecule has 7 aromatic rings. The first-order valence-corrected chi connectivity index (χ1v) is 19.4. The Kier molecular flexibility index (Phi) is 15.4. The predicted octanol–water partition coefficient (Wildman–Crippen LogP) is 12.5. The summed E-state index contributed by atoms with van der Waals surface area (Å²) in [6.07, 6.45) is 14.4. The lowest BCUT2D eigenvalue weighted by atomic mass is 10.0. The smallest absolute Gasteiger partial charge is 0.145 e. The topological polar surface area (TPSA) is 50.4 Å². The van der Waals surface area contributed by atoms with Gasteiger partial charge in [0.05, 0.1) is 5.71 Å². The molecule has 1 aliphatic rings. The van der Waals surface area contributed by atoms with Crippen LogP contribution in [0.3, 0.4) is 0 Å². The van der Waals surface area contributed by atoms with Crippen LogP contribution >= 0.6 is 0 Å². The molecule has 280 valence electrons. The van der Waals surface area contributed by atoms with Crippen LogP contribution < -0.4 is 11.1 Å². The fraction of sp³-hybridized carbons (Fsp3) is 0.0556. The molecule has 0 amide bonds. The zero-order chi connectivity index (χ0) is 39.2. The average Bonchev–Trinajstić information content (AvgIpc) is 3.30. The number of hydrogen-bond donors (Lipinski definition) is 2. The lowest BCUT2D eigenvalue weighted by molar-refractivity contribution is 0.664. The summed E-state index contributed by atoms with van der Waals surface area (Å²) in [5, 5.41) is 3.56. The molecule has 0 spiro atoms. The van der Waals surface area contributed by atoms with Crippen LogP contribution in [0.2, 0.25) is 0 Å². The highest BCUT2D eigenvalue weighted by Crippen LogP contribution is 2.26. The highest BCUT2D eigenvalue weighted by Gasteiger charge is 2.19. The second-order valence-electron chi connectivity index (χ2n) is 13.4. The Balaban J connectivity index is 0.000000149. The van der Waals surface area contributed by atoms with Crippen LogP contribution in [0.5, 0.6) is 0 Å². The van der Waals surface area contributed by atoms with E-state index >= 15 is 0 Å². The minimum absolute atomic E-state index is 0.0818. The molecule has 0 saturated carbocycles. The predicted molar refractivity (Wildman–Crippen MR) is 243 cm³/mol. The number of benzene rings is 7. The van der Waals surface area contributed by atoms with E-state index in [9.17, 15) is 0 Å². The number of aliphatic imine (C=N–C) groups is 1. The fourth-order valence-electron chi connectivity index (χ4n) is 6.10. The Morgan fingerprint density at radius 2 is 0.965 bits per heavy atom. The van der Waals surface area contributed by atoms with Gasteiger partial charge >= 0.3 is 0 Å². The molecule has 0 bridgehead atoms. The molecule has 8 rings (SSSR count). The van der Waals surface area contributed by atoms with Crippen molar-refractivity contribution < 1.29 is 0 Å². The third-order valence-electron chi connectivity index (χ3n) is 9.13. The van der Waals surface area contributed by atoms with Crippen LogP contribution in [0.1, 0.15) is 45.1 Å². The second kappa shape index (κ2) is 22.2. The van der Waals surface area contributed by atoms with Crippen LogP contribution in [-0.4, -0.2) is 5.71 Å². The van der Waals surface area contributed by atoms with Gasteiger partial charge < -0.3 is 11.1 Å². The number of nitrogens with one attached hydrogen (secondary N) is 1. The maximum absolute atomic E-state index is 5.98. The van der Waals surface area contributed by atoms with Gasteiger partial charge in [0, 0.05) is 11.4 Å². The van der Waals surface area contributed by atoms with Crippen molar-refractivity contribution in [2.24, 2.45) is 10.7 Å². The number of nitrogens with two attached hydrogens (primary N) is 1. The van der Waals surface area contributed by atoms with Crippen molar-refractivity contribution in [1.29, 1.82) is 0 Å². The van der Waals surface area contributed by atoms with E-state index in [1.807, 2.05) is 91.0 Å². The highest BCUT2D eigenvalue weighted by atomic mass is 15.1. The lowest BCUT2D eigenvalue weighted by Gasteiger charge is -2.24. The molecule has 3 N–H and O–H groups in total. The van der Waals surface area contributed by atoms with E-state index in [0.717, 1.165) is 46.6 Å². The summed E-state index contributed by atoms with van der Waals surface area (Å²) >= 11 is 0. The molecule has 3 heteroatoms. The van der Waals surface area contributed by atoms with E-state index in [-0.39, 0.29) is 6.17 Å². The van der Waals surface area contributed by atoms with Gasteiger partial charge in [-0.3, -0.25) is 4.99 Å². The van der Waals surface area contributed by atoms with Crippen molar-refractivity contribution in [1.82, 2.24) is 5.32 Å². The molecule has 0 aliphatic carbocycles. The van der Waals surface area contributed by atoms with Crippen molar-refractivity contribution >= 4 is 23.2 Å². The van der Waals surface area contributed by atoms with Crippen molar-refractivity contribution in [3.8, 4) is 0 Å². The molecule has 1 heterocycles. The van der Waals surface area contributed by atoms with Crippen LogP contribution in [-0.2, 0) is 12.8 Å². The Bertz CT molecular complexity index is 2330. The molecule has 7 aromatic carbocycles. The Labute approximate surface area is 338 Å². The summed E-state index contributed by atoms with van der Waals surface area (Å²) in [5.41, 5.74) is 17.3. The van der Waals surface area contributed by atoms with Crippen molar-refractivity contribution in [2.45, 2.75) is 19.0 Å². The standard InChI is InChI=1S/C22H18N2.C17H17N.C15H14/c1-4-10-17(11-5-1)20-16-21(18-12-6-2-7-13-18)24-22(23-20)19-14-8-3-9-15-19;18-17(16-12-5-2-6-13-16)14-8-7-11-15-9-3-1-4-10-15;1-3-8-14(9-4-1)12-7-13-15-10-5-2-6-11-15/h1-16,22-23H;1-10,12-14H,11,18H2;1-12H,13H2/b;8-7-,17-14-;12-7+. The van der Waals surface area contributed by atoms with E-state index in [4.69, 9.17) is 10.7 Å². The summed E-state index contributed by atoms with van der Waals surface area (Å²) in [6, 6.07) is 72.3. The van der Waals surface area contributed by atoms with Crippen LogP contribution in [0.25, 0.3) is 17.5 Å². The van der Waals surface area contributed by atoms with Crippen LogP contribution in [0, 0.1) is 0 Å². The third-order valence-corrected chi connectivity index (χ3v) is 9.13. The maximum atomic E-state index is 5.98. The third kappa shape index (κ3) is 13.2. The van der Waals surface area contributed by atoms with Gasteiger partial charge in [0.2, 0.25) is 0 Å². The molecular weight excluding hydrogens is 691 g/mol. The van der Waals surface area contributed by atoms with Crippen LogP contribution in [0.15, 0.2) is 248 Å². The average molecular weight is 740 g/mol. The molecular formula is C54H49N3. The van der Waals surface area contributed by atoms with Crippen LogP contribution in [0.4, 0.5) is 0 Å². The summed E-state index contributed by atoms with van der Waals surface area (Å²) < 4.78 is 0. The number of rotatable bonds is 10. The molecule has 1 atom stereocenters. The first kappa shape index (κ1) is 39.5. The normalized spacial score (nSPS) is 13.6. The highest BCUT2D eigenvalue weighted by molar-refractivity contribution is 6.13. The summed E-state index contributed by atoms with van der Waals surface area (Å²) in [5.74, 6) is 0. The van der Waals surface area contributed by atoms with E-state index in [1.165, 1.54) is 22.3 Å². The quantitative estimate of drug-likeness (QED) is 0.137. The molecule has 0 radical (unpaired) electrons. The Morgan fingerprint density at radius 3 is 1.53 bits per heavy atom. The minimum atomic E-state index is -0.0818. The Hall–Kier alpha value is -7.23. The number of allylic oxidation sites excluding steroid dienone is 5. The van der Waals surface area contributed by atoms with Crippen molar-refractivity contribution in [3.63, 3.8) is 0 Å². The largest absolute Gasteiger partial charge is 0.398 e. The molecule has 57 heavy (non-hydrogen) atoms. The molecule has 0 aromatic heterocycles. The van der Waals surface area contributed by atoms with Gasteiger partial charge in [-0.05, 0) is 63.9 Å². The van der Waals surface area contributed by atoms with E-state index in [2.05, 4.69) is 163 Å². The summed E-state index contributed by atoms with van der Waals surface area (Å²) in [6.45, 7) is 0. The zero-order valence-electron chi connectivity index (χ0n) is 32.2. The van der Waals surface area contributed by atoms with Gasteiger partial charge in [-0.15, -0.1) is 0 Å². The van der Waals surface area contributed by atoms with Gasteiger partial charge in [-0.2, -0.15) is 0 Å². The van der Waals surface area contributed by atoms with Gasteiger partial charge in [-0.25, -0.2) is 0 Å². The van der Waals surface area contributed by atoms with Crippen molar-refractivity contribution in [2.75, 3.05) is 0 Å². The molecule has 1 aliphatic heterocycles. The van der Waals surface area contributed by atoms with E-state index in [1.54, 1.807) is 0 Å². The lowest BCUT2D eigenvalue weighted by Crippen LogP contribution is -2.24. The Morgan fingerprint density at radius 1 is 0.509 bits per heavy atom. The molecule has 3 nitrogen and oxygen atoms in total. The maximum Gasteiger partial charge on any atom is 0.145 e. The van der Waals surface area contributed by atoms with Gasteiger partial charge in [-0.1, -0.05) is 237 Å². The second-order valence-corrected chi connectivity index (χ2v) is 13.4. The van der Waals surface area contributed by atoms with E-state index < -0.39 is 0 Å². The molecule has 1 unspecified atom stereocenters. The summed E-state index contributed by atoms with van der Waals surface area (Å²) in [7, 11) is 0. The van der Waals surface area contributed by atoms with E-state index in [0.29, 0.717) is 0 Å². The molecule has 0 saturated heterocycles. The SMILES string of the molecule is C(=C\c1ccccc1)/Cc1ccccc1.C1=C(c2ccccc2)NC(c2ccccc2)N=C1c1ccccc1.N/C(=C\C=C/Cc1ccccc1)c1ccccc1. The van der Waals surface area contributed by atoms with Gasteiger partial charge in [0.25, 0.3) is 0 Å². The molecule has 0 fully saturated rings. The van der Waals surface area contributed by atoms with Crippen molar-refractivity contribution in [3.05, 3.63) is 282 Å². The first-order valence-electron chi connectivity index (χ1n) is 19.4. The minimum Gasteiger partial charge on any atom is -0.398 e. The first-order chi connectivity index (χ1) is 28.2. The summed E-state index contributed by atoms with van der Waals surface area (Å²) in [4.78, 5) is 4.93.